The highest BCUT2D eigenvalue weighted by atomic mass is 16.3. The van der Waals surface area contributed by atoms with Crippen LogP contribution in [-0.4, -0.2) is 47.7 Å². The number of anilines is 1. The molecule has 0 spiro atoms. The second kappa shape index (κ2) is 7.51. The van der Waals surface area contributed by atoms with Gasteiger partial charge in [-0.05, 0) is 24.3 Å². The van der Waals surface area contributed by atoms with Gasteiger partial charge in [0.2, 0.25) is 0 Å². The summed E-state index contributed by atoms with van der Waals surface area (Å²) in [7, 11) is 3.79. The molecule has 2 aromatic heterocycles. The van der Waals surface area contributed by atoms with Gasteiger partial charge in [0.25, 0.3) is 5.91 Å². The number of amides is 1. The van der Waals surface area contributed by atoms with Crippen molar-refractivity contribution < 1.29 is 9.90 Å². The summed E-state index contributed by atoms with van der Waals surface area (Å²) in [6.07, 6.45) is 3.75. The average Bonchev–Trinajstić information content (AvgIpc) is 2.55. The van der Waals surface area contributed by atoms with Gasteiger partial charge in [-0.3, -0.25) is 14.8 Å². The van der Waals surface area contributed by atoms with Crippen LogP contribution >= 0.6 is 0 Å². The molecular formula is C16H20N4O2. The van der Waals surface area contributed by atoms with E-state index in [1.165, 1.54) is 0 Å². The van der Waals surface area contributed by atoms with Crippen molar-refractivity contribution >= 4 is 11.6 Å². The van der Waals surface area contributed by atoms with Crippen LogP contribution < -0.4 is 10.2 Å². The van der Waals surface area contributed by atoms with Crippen LogP contribution in [0.4, 0.5) is 5.69 Å². The van der Waals surface area contributed by atoms with E-state index in [4.69, 9.17) is 0 Å². The molecule has 116 valence electrons. The third kappa shape index (κ3) is 4.26. The zero-order chi connectivity index (χ0) is 15.9. The van der Waals surface area contributed by atoms with Crippen LogP contribution in [0, 0.1) is 0 Å². The zero-order valence-electron chi connectivity index (χ0n) is 12.7. The fourth-order valence-corrected chi connectivity index (χ4v) is 2.01. The van der Waals surface area contributed by atoms with Gasteiger partial charge in [0.1, 0.15) is 5.69 Å². The van der Waals surface area contributed by atoms with Crippen molar-refractivity contribution in [1.82, 2.24) is 15.3 Å². The number of hydrogen-bond donors (Lipinski definition) is 2. The van der Waals surface area contributed by atoms with Gasteiger partial charge in [-0.15, -0.1) is 0 Å². The van der Waals surface area contributed by atoms with Crippen molar-refractivity contribution in [3.8, 4) is 0 Å². The Kier molecular flexibility index (Phi) is 5.43. The molecule has 2 rings (SSSR count). The maximum Gasteiger partial charge on any atom is 0.270 e. The Labute approximate surface area is 129 Å². The van der Waals surface area contributed by atoms with Crippen LogP contribution in [0.1, 0.15) is 16.2 Å². The second-order valence-corrected chi connectivity index (χ2v) is 5.17. The third-order valence-corrected chi connectivity index (χ3v) is 3.23. The van der Waals surface area contributed by atoms with E-state index < -0.39 is 6.04 Å². The first-order chi connectivity index (χ1) is 10.6. The number of aliphatic hydroxyl groups is 1. The van der Waals surface area contributed by atoms with Crippen LogP contribution in [0.5, 0.6) is 0 Å². The molecule has 22 heavy (non-hydrogen) atoms. The summed E-state index contributed by atoms with van der Waals surface area (Å²) in [5.74, 6) is -0.307. The molecule has 0 fully saturated rings. The first-order valence-corrected chi connectivity index (χ1v) is 7.05. The molecule has 0 aromatic carbocycles. The van der Waals surface area contributed by atoms with Crippen LogP contribution in [0.3, 0.4) is 0 Å². The van der Waals surface area contributed by atoms with Gasteiger partial charge in [-0.25, -0.2) is 0 Å². The minimum absolute atomic E-state index is 0.157. The quantitative estimate of drug-likeness (QED) is 0.828. The Morgan fingerprint density at radius 2 is 2.09 bits per heavy atom. The van der Waals surface area contributed by atoms with Crippen molar-refractivity contribution in [2.45, 2.75) is 12.5 Å². The number of nitrogens with one attached hydrogen (secondary N) is 1. The van der Waals surface area contributed by atoms with E-state index in [1.807, 2.05) is 43.3 Å². The molecule has 0 radical (unpaired) electrons. The first-order valence-electron chi connectivity index (χ1n) is 7.05. The van der Waals surface area contributed by atoms with Crippen molar-refractivity contribution in [2.75, 3.05) is 25.6 Å². The number of rotatable bonds is 6. The molecule has 0 aliphatic heterocycles. The minimum atomic E-state index is -0.396. The van der Waals surface area contributed by atoms with Crippen LogP contribution in [0.25, 0.3) is 0 Å². The summed E-state index contributed by atoms with van der Waals surface area (Å²) in [4.78, 5) is 22.4. The lowest BCUT2D eigenvalue weighted by Gasteiger charge is -2.17. The highest BCUT2D eigenvalue weighted by Crippen LogP contribution is 2.11. The number of aliphatic hydroxyl groups excluding tert-OH is 1. The van der Waals surface area contributed by atoms with Gasteiger partial charge >= 0.3 is 0 Å². The topological polar surface area (TPSA) is 78.4 Å². The minimum Gasteiger partial charge on any atom is -0.394 e. The lowest BCUT2D eigenvalue weighted by molar-refractivity contribution is 0.0911. The number of carbonyl (C=O) groups excluding carboxylic acids is 1. The summed E-state index contributed by atoms with van der Waals surface area (Å²) in [5.41, 5.74) is 2.04. The summed E-state index contributed by atoms with van der Waals surface area (Å²) in [6.45, 7) is -0.157. The Morgan fingerprint density at radius 3 is 2.73 bits per heavy atom. The summed E-state index contributed by atoms with van der Waals surface area (Å²) >= 11 is 0. The molecule has 1 atom stereocenters. The maximum atomic E-state index is 12.3. The van der Waals surface area contributed by atoms with Gasteiger partial charge in [-0.1, -0.05) is 6.07 Å². The third-order valence-electron chi connectivity index (χ3n) is 3.23. The van der Waals surface area contributed by atoms with Gasteiger partial charge in [-0.2, -0.15) is 0 Å². The normalized spacial score (nSPS) is 11.8. The van der Waals surface area contributed by atoms with E-state index >= 15 is 0 Å². The molecule has 2 N–H and O–H groups in total. The Balaban J connectivity index is 2.04. The molecule has 2 aromatic rings. The standard InChI is InChI=1S/C16H20N4O2/c1-20(2)14-6-8-18-15(10-14)16(22)19-13(11-21)9-12-5-3-4-7-17-12/h3-8,10,13,21H,9,11H2,1-2H3,(H,19,22). The van der Waals surface area contributed by atoms with E-state index in [1.54, 1.807) is 18.5 Å². The Morgan fingerprint density at radius 1 is 1.27 bits per heavy atom. The van der Waals surface area contributed by atoms with Gasteiger partial charge < -0.3 is 15.3 Å². The van der Waals surface area contributed by atoms with Crippen molar-refractivity contribution in [3.63, 3.8) is 0 Å². The molecule has 0 saturated carbocycles. The van der Waals surface area contributed by atoms with E-state index in [2.05, 4.69) is 15.3 Å². The molecule has 0 bridgehead atoms. The van der Waals surface area contributed by atoms with Gasteiger partial charge in [0.05, 0.1) is 12.6 Å². The largest absolute Gasteiger partial charge is 0.394 e. The summed E-state index contributed by atoms with van der Waals surface area (Å²) in [5, 5.41) is 12.2. The fraction of sp³-hybridized carbons (Fsp3) is 0.312. The highest BCUT2D eigenvalue weighted by molar-refractivity contribution is 5.93. The van der Waals surface area contributed by atoms with Crippen molar-refractivity contribution in [2.24, 2.45) is 0 Å². The predicted molar refractivity (Wildman–Crippen MR) is 84.8 cm³/mol. The lowest BCUT2D eigenvalue weighted by Crippen LogP contribution is -2.39. The molecule has 0 aliphatic carbocycles. The molecule has 2 heterocycles. The van der Waals surface area contributed by atoms with Crippen LogP contribution in [0.2, 0.25) is 0 Å². The van der Waals surface area contributed by atoms with Gasteiger partial charge in [0.15, 0.2) is 0 Å². The number of nitrogens with zero attached hydrogens (tertiary/aromatic N) is 3. The van der Waals surface area contributed by atoms with E-state index in [9.17, 15) is 9.90 Å². The molecule has 1 unspecified atom stereocenters. The monoisotopic (exact) mass is 300 g/mol. The lowest BCUT2D eigenvalue weighted by atomic mass is 10.1. The first kappa shape index (κ1) is 15.9. The molecule has 6 heteroatoms. The SMILES string of the molecule is CN(C)c1ccnc(C(=O)NC(CO)Cc2ccccn2)c1. The van der Waals surface area contributed by atoms with E-state index in [0.717, 1.165) is 11.4 Å². The maximum absolute atomic E-state index is 12.3. The number of carbonyl (C=O) groups is 1. The zero-order valence-corrected chi connectivity index (χ0v) is 12.7. The average molecular weight is 300 g/mol. The fourth-order valence-electron chi connectivity index (χ4n) is 2.01. The van der Waals surface area contributed by atoms with E-state index in [-0.39, 0.29) is 12.5 Å². The predicted octanol–water partition coefficient (Wildman–Crippen LogP) is 0.876. The van der Waals surface area contributed by atoms with Crippen molar-refractivity contribution in [1.29, 1.82) is 0 Å². The molecule has 0 saturated heterocycles. The second-order valence-electron chi connectivity index (χ2n) is 5.17. The Bertz CT molecular complexity index is 617. The molecular weight excluding hydrogens is 280 g/mol. The van der Waals surface area contributed by atoms with Crippen LogP contribution in [-0.2, 0) is 6.42 Å². The van der Waals surface area contributed by atoms with Crippen LogP contribution in [0.15, 0.2) is 42.7 Å². The summed E-state index contributed by atoms with van der Waals surface area (Å²) < 4.78 is 0. The summed E-state index contributed by atoms with van der Waals surface area (Å²) in [6, 6.07) is 8.71. The van der Waals surface area contributed by atoms with Crippen molar-refractivity contribution in [3.05, 3.63) is 54.1 Å². The number of aromatic nitrogens is 2. The smallest absolute Gasteiger partial charge is 0.270 e. The highest BCUT2D eigenvalue weighted by Gasteiger charge is 2.15. The molecule has 6 nitrogen and oxygen atoms in total. The number of hydrogen-bond acceptors (Lipinski definition) is 5. The molecule has 1 amide bonds. The molecule has 0 aliphatic rings. The Hall–Kier alpha value is -2.47. The number of pyridine rings is 2. The van der Waals surface area contributed by atoms with E-state index in [0.29, 0.717) is 12.1 Å². The van der Waals surface area contributed by atoms with Gasteiger partial charge in [0, 0.05) is 44.3 Å².